The van der Waals surface area contributed by atoms with Crippen molar-refractivity contribution < 1.29 is 19.1 Å². The van der Waals surface area contributed by atoms with E-state index in [0.29, 0.717) is 17.6 Å². The second-order valence-corrected chi connectivity index (χ2v) is 7.04. The molecule has 1 fully saturated rings. The Hall–Kier alpha value is -2.30. The maximum absolute atomic E-state index is 12.3. The van der Waals surface area contributed by atoms with Gasteiger partial charge in [0, 0.05) is 17.7 Å². The molecular weight excluding hydrogens is 330 g/mol. The van der Waals surface area contributed by atoms with Crippen LogP contribution in [0.1, 0.15) is 45.6 Å². The molecule has 2 rings (SSSR count). The van der Waals surface area contributed by atoms with Crippen molar-refractivity contribution in [3.8, 4) is 5.75 Å². The first-order valence-corrected chi connectivity index (χ1v) is 9.24. The number of rotatable bonds is 6. The summed E-state index contributed by atoms with van der Waals surface area (Å²) in [7, 11) is 1.57. The van der Waals surface area contributed by atoms with Crippen LogP contribution < -0.4 is 10.1 Å². The first kappa shape index (κ1) is 20.0. The number of benzene rings is 1. The lowest BCUT2D eigenvalue weighted by Gasteiger charge is -2.35. The van der Waals surface area contributed by atoms with Crippen LogP contribution in [-0.4, -0.2) is 31.1 Å². The minimum atomic E-state index is -0.825. The van der Waals surface area contributed by atoms with E-state index in [4.69, 9.17) is 9.47 Å². The molecule has 0 heterocycles. The van der Waals surface area contributed by atoms with Crippen molar-refractivity contribution in [1.29, 1.82) is 0 Å². The van der Waals surface area contributed by atoms with Crippen molar-refractivity contribution in [3.05, 3.63) is 35.9 Å². The summed E-state index contributed by atoms with van der Waals surface area (Å²) in [5.74, 6) is 0.901. The molecule has 5 heteroatoms. The summed E-state index contributed by atoms with van der Waals surface area (Å²) in [5.41, 5.74) is 0.772. The molecule has 0 unspecified atom stereocenters. The van der Waals surface area contributed by atoms with E-state index in [-0.39, 0.29) is 11.9 Å². The van der Waals surface area contributed by atoms with E-state index in [2.05, 4.69) is 19.2 Å². The zero-order valence-electron chi connectivity index (χ0n) is 16.0. The van der Waals surface area contributed by atoms with Crippen LogP contribution in [0.25, 0.3) is 6.08 Å². The molecule has 0 aliphatic heterocycles. The van der Waals surface area contributed by atoms with E-state index in [1.807, 2.05) is 24.3 Å². The summed E-state index contributed by atoms with van der Waals surface area (Å²) in [6, 6.07) is 7.51. The van der Waals surface area contributed by atoms with E-state index in [0.717, 1.165) is 18.4 Å². The number of ether oxygens (including phenoxy) is 2. The van der Waals surface area contributed by atoms with Gasteiger partial charge in [-0.05, 0) is 37.3 Å². The fourth-order valence-electron chi connectivity index (χ4n) is 3.31. The molecule has 1 aliphatic carbocycles. The molecule has 5 nitrogen and oxygen atoms in total. The Kier molecular flexibility index (Phi) is 7.25. The number of hydrogen-bond acceptors (Lipinski definition) is 4. The lowest BCUT2D eigenvalue weighted by atomic mass is 9.78. The van der Waals surface area contributed by atoms with E-state index < -0.39 is 12.1 Å². The highest BCUT2D eigenvalue weighted by Gasteiger charge is 2.29. The van der Waals surface area contributed by atoms with Gasteiger partial charge in [0.25, 0.3) is 5.91 Å². The van der Waals surface area contributed by atoms with E-state index in [1.54, 1.807) is 20.1 Å². The topological polar surface area (TPSA) is 64.6 Å². The first-order chi connectivity index (χ1) is 12.4. The molecule has 0 saturated heterocycles. The van der Waals surface area contributed by atoms with Crippen molar-refractivity contribution in [3.63, 3.8) is 0 Å². The van der Waals surface area contributed by atoms with Crippen LogP contribution in [0.5, 0.6) is 5.75 Å². The third kappa shape index (κ3) is 5.35. The van der Waals surface area contributed by atoms with Crippen molar-refractivity contribution in [2.45, 2.75) is 52.2 Å². The highest BCUT2D eigenvalue weighted by Crippen LogP contribution is 2.29. The van der Waals surface area contributed by atoms with Crippen molar-refractivity contribution in [2.24, 2.45) is 11.8 Å². The quantitative estimate of drug-likeness (QED) is 0.623. The molecule has 0 aromatic heterocycles. The molecule has 142 valence electrons. The van der Waals surface area contributed by atoms with E-state index in [1.165, 1.54) is 12.5 Å². The van der Waals surface area contributed by atoms with Gasteiger partial charge in [-0.15, -0.1) is 0 Å². The van der Waals surface area contributed by atoms with Crippen molar-refractivity contribution in [1.82, 2.24) is 5.32 Å². The SMILES string of the molecule is COc1ccccc1/C=C/C(=O)O[C@H](C)C(=O)N[C@H]1CCC[C@H](C)[C@H]1C. The van der Waals surface area contributed by atoms with Crippen LogP contribution >= 0.6 is 0 Å². The van der Waals surface area contributed by atoms with Gasteiger partial charge in [0.15, 0.2) is 6.10 Å². The molecule has 0 bridgehead atoms. The molecule has 1 saturated carbocycles. The van der Waals surface area contributed by atoms with Gasteiger partial charge in [-0.1, -0.05) is 44.9 Å². The number of methoxy groups -OCH3 is 1. The second-order valence-electron chi connectivity index (χ2n) is 7.04. The Labute approximate surface area is 155 Å². The normalized spacial score (nSPS) is 24.1. The Morgan fingerprint density at radius 1 is 1.23 bits per heavy atom. The smallest absolute Gasteiger partial charge is 0.331 e. The lowest BCUT2D eigenvalue weighted by molar-refractivity contribution is -0.150. The summed E-state index contributed by atoms with van der Waals surface area (Å²) in [5, 5.41) is 3.04. The minimum absolute atomic E-state index is 0.150. The Morgan fingerprint density at radius 2 is 1.96 bits per heavy atom. The molecule has 1 aliphatic rings. The summed E-state index contributed by atoms with van der Waals surface area (Å²) >= 11 is 0. The van der Waals surface area contributed by atoms with Gasteiger partial charge in [0.05, 0.1) is 7.11 Å². The van der Waals surface area contributed by atoms with Crippen LogP contribution in [0.2, 0.25) is 0 Å². The number of hydrogen-bond donors (Lipinski definition) is 1. The number of amides is 1. The van der Waals surface area contributed by atoms with Crippen LogP contribution in [0.4, 0.5) is 0 Å². The van der Waals surface area contributed by atoms with Crippen LogP contribution in [-0.2, 0) is 14.3 Å². The molecule has 1 aromatic carbocycles. The summed E-state index contributed by atoms with van der Waals surface area (Å²) in [4.78, 5) is 24.4. The van der Waals surface area contributed by atoms with Gasteiger partial charge in [-0.25, -0.2) is 4.79 Å². The fraction of sp³-hybridized carbons (Fsp3) is 0.524. The molecule has 1 N–H and O–H groups in total. The van der Waals surface area contributed by atoms with Crippen molar-refractivity contribution >= 4 is 18.0 Å². The zero-order valence-corrected chi connectivity index (χ0v) is 16.0. The van der Waals surface area contributed by atoms with Crippen LogP contribution in [0.3, 0.4) is 0 Å². The minimum Gasteiger partial charge on any atom is -0.496 e. The predicted molar refractivity (Wildman–Crippen MR) is 102 cm³/mol. The monoisotopic (exact) mass is 359 g/mol. The number of carbonyl (C=O) groups is 2. The number of carbonyl (C=O) groups excluding carboxylic acids is 2. The van der Waals surface area contributed by atoms with Gasteiger partial charge in [-0.3, -0.25) is 4.79 Å². The largest absolute Gasteiger partial charge is 0.496 e. The van der Waals surface area contributed by atoms with Gasteiger partial charge < -0.3 is 14.8 Å². The highest BCUT2D eigenvalue weighted by atomic mass is 16.5. The lowest BCUT2D eigenvalue weighted by Crippen LogP contribution is -2.47. The van der Waals surface area contributed by atoms with E-state index in [9.17, 15) is 9.59 Å². The Morgan fingerprint density at radius 3 is 2.69 bits per heavy atom. The molecule has 4 atom stereocenters. The predicted octanol–water partition coefficient (Wildman–Crippen LogP) is 3.58. The first-order valence-electron chi connectivity index (χ1n) is 9.24. The Balaban J connectivity index is 1.87. The summed E-state index contributed by atoms with van der Waals surface area (Å²) in [6.07, 6.45) is 5.40. The maximum atomic E-state index is 12.3. The fourth-order valence-corrected chi connectivity index (χ4v) is 3.31. The molecule has 0 spiro atoms. The maximum Gasteiger partial charge on any atom is 0.331 e. The van der Waals surface area contributed by atoms with Crippen LogP contribution in [0, 0.1) is 11.8 Å². The highest BCUT2D eigenvalue weighted by molar-refractivity contribution is 5.90. The van der Waals surface area contributed by atoms with E-state index >= 15 is 0 Å². The second kappa shape index (κ2) is 9.41. The summed E-state index contributed by atoms with van der Waals surface area (Å²) < 4.78 is 10.5. The standard InChI is InChI=1S/C21H29NO4/c1-14-8-7-10-18(15(14)2)22-21(24)16(3)26-20(23)13-12-17-9-5-6-11-19(17)25-4/h5-6,9,11-16,18H,7-8,10H2,1-4H3,(H,22,24)/b13-12+/t14-,15+,16+,18-/m0/s1. The average molecular weight is 359 g/mol. The number of esters is 1. The van der Waals surface area contributed by atoms with Gasteiger partial charge in [0.1, 0.15) is 5.75 Å². The van der Waals surface area contributed by atoms with Gasteiger partial charge in [0.2, 0.25) is 0 Å². The molecule has 0 radical (unpaired) electrons. The number of nitrogens with one attached hydrogen (secondary N) is 1. The molecule has 26 heavy (non-hydrogen) atoms. The molecular formula is C21H29NO4. The Bertz CT molecular complexity index is 655. The number of para-hydroxylation sites is 1. The third-order valence-electron chi connectivity index (χ3n) is 5.23. The van der Waals surface area contributed by atoms with Gasteiger partial charge in [-0.2, -0.15) is 0 Å². The third-order valence-corrected chi connectivity index (χ3v) is 5.23. The summed E-state index contributed by atoms with van der Waals surface area (Å²) in [6.45, 7) is 5.98. The van der Waals surface area contributed by atoms with Gasteiger partial charge >= 0.3 is 5.97 Å². The zero-order chi connectivity index (χ0) is 19.1. The van der Waals surface area contributed by atoms with Crippen LogP contribution in [0.15, 0.2) is 30.3 Å². The van der Waals surface area contributed by atoms with Crippen molar-refractivity contribution in [2.75, 3.05) is 7.11 Å². The average Bonchev–Trinajstić information content (AvgIpc) is 2.63. The molecule has 1 amide bonds. The molecule has 1 aromatic rings.